The monoisotopic (exact) mass is 506 g/mol. The summed E-state index contributed by atoms with van der Waals surface area (Å²) in [4.78, 5) is 8.61. The summed E-state index contributed by atoms with van der Waals surface area (Å²) in [7, 11) is 0. The minimum Gasteiger partial charge on any atom is -0.379 e. The van der Waals surface area contributed by atoms with Crippen LogP contribution in [0.4, 0.5) is 0 Å². The molecule has 2 unspecified atom stereocenters. The Morgan fingerprint density at radius 2 is 2.19 bits per heavy atom. The van der Waals surface area contributed by atoms with Crippen molar-refractivity contribution in [2.45, 2.75) is 51.2 Å². The smallest absolute Gasteiger partial charge is 0.191 e. The Labute approximate surface area is 186 Å². The number of thioether (sulfide) groups is 1. The van der Waals surface area contributed by atoms with Gasteiger partial charge in [0.1, 0.15) is 0 Å². The number of aliphatic imine (C=N–C) groups is 1. The molecule has 154 valence electrons. The summed E-state index contributed by atoms with van der Waals surface area (Å²) in [5.41, 5.74) is 2.57. The molecule has 2 atom stereocenters. The van der Waals surface area contributed by atoms with Gasteiger partial charge in [0.05, 0.1) is 19.8 Å². The zero-order valence-corrected chi connectivity index (χ0v) is 20.4. The number of morpholine rings is 1. The molecule has 5 nitrogen and oxygen atoms in total. The lowest BCUT2D eigenvalue weighted by Crippen LogP contribution is -2.53. The normalized spacial score (nSPS) is 19.3. The van der Waals surface area contributed by atoms with Crippen LogP contribution in [0.3, 0.4) is 0 Å². The number of guanidine groups is 1. The SMILES string of the molecule is CCNC(=NCc1ccc(C)cc1SC)NCC(C)N1CCOCC1C.I. The van der Waals surface area contributed by atoms with Crippen LogP contribution in [0.1, 0.15) is 31.9 Å². The first-order valence-corrected chi connectivity index (χ1v) is 10.8. The molecule has 1 fully saturated rings. The molecule has 1 aromatic carbocycles. The highest BCUT2D eigenvalue weighted by Crippen LogP contribution is 2.22. The van der Waals surface area contributed by atoms with Gasteiger partial charge in [0.15, 0.2) is 5.96 Å². The zero-order chi connectivity index (χ0) is 18.9. The number of ether oxygens (including phenoxy) is 1. The fraction of sp³-hybridized carbons (Fsp3) is 0.650. The lowest BCUT2D eigenvalue weighted by molar-refractivity contribution is -0.0174. The summed E-state index contributed by atoms with van der Waals surface area (Å²) >= 11 is 1.78. The van der Waals surface area contributed by atoms with Crippen LogP contribution in [0.5, 0.6) is 0 Å². The van der Waals surface area contributed by atoms with Gasteiger partial charge in [-0.15, -0.1) is 35.7 Å². The summed E-state index contributed by atoms with van der Waals surface area (Å²) in [6.45, 7) is 13.8. The van der Waals surface area contributed by atoms with Gasteiger partial charge in [0.2, 0.25) is 0 Å². The largest absolute Gasteiger partial charge is 0.379 e. The highest BCUT2D eigenvalue weighted by molar-refractivity contribution is 14.0. The highest BCUT2D eigenvalue weighted by Gasteiger charge is 2.23. The molecule has 1 aliphatic rings. The standard InChI is InChI=1S/C20H34N4OS.HI/c1-6-21-20(22-12-16(3)24-9-10-25-14-17(24)4)23-13-18-8-7-15(2)11-19(18)26-5;/h7-8,11,16-17H,6,9-10,12-14H2,1-5H3,(H2,21,22,23);1H. The number of nitrogens with one attached hydrogen (secondary N) is 2. The van der Waals surface area contributed by atoms with Crippen molar-refractivity contribution in [1.82, 2.24) is 15.5 Å². The Kier molecular flexibility index (Phi) is 11.7. The van der Waals surface area contributed by atoms with Gasteiger partial charge in [-0.25, -0.2) is 4.99 Å². The Bertz CT molecular complexity index is 599. The molecule has 0 bridgehead atoms. The van der Waals surface area contributed by atoms with Crippen molar-refractivity contribution in [3.8, 4) is 0 Å². The first-order valence-electron chi connectivity index (χ1n) is 9.54. The van der Waals surface area contributed by atoms with Crippen LogP contribution < -0.4 is 10.6 Å². The third-order valence-corrected chi connectivity index (χ3v) is 5.56. The summed E-state index contributed by atoms with van der Waals surface area (Å²) in [6.07, 6.45) is 2.12. The maximum atomic E-state index is 5.54. The summed E-state index contributed by atoms with van der Waals surface area (Å²) < 4.78 is 5.54. The Morgan fingerprint density at radius 3 is 2.85 bits per heavy atom. The minimum absolute atomic E-state index is 0. The van der Waals surface area contributed by atoms with E-state index in [9.17, 15) is 0 Å². The van der Waals surface area contributed by atoms with Crippen molar-refractivity contribution in [2.75, 3.05) is 39.1 Å². The molecule has 2 rings (SSSR count). The van der Waals surface area contributed by atoms with Gasteiger partial charge in [-0.3, -0.25) is 4.90 Å². The van der Waals surface area contributed by atoms with Gasteiger partial charge in [-0.05, 0) is 51.1 Å². The van der Waals surface area contributed by atoms with Crippen molar-refractivity contribution in [3.05, 3.63) is 29.3 Å². The van der Waals surface area contributed by atoms with Crippen molar-refractivity contribution in [2.24, 2.45) is 4.99 Å². The van der Waals surface area contributed by atoms with E-state index in [0.29, 0.717) is 18.6 Å². The summed E-state index contributed by atoms with van der Waals surface area (Å²) in [5, 5.41) is 6.87. The average Bonchev–Trinajstić information content (AvgIpc) is 2.64. The number of hydrogen-bond donors (Lipinski definition) is 2. The number of benzene rings is 1. The van der Waals surface area contributed by atoms with Gasteiger partial charge in [0, 0.05) is 36.6 Å². The second-order valence-corrected chi connectivity index (χ2v) is 7.75. The summed E-state index contributed by atoms with van der Waals surface area (Å²) in [5.74, 6) is 0.882. The van der Waals surface area contributed by atoms with Crippen LogP contribution in [-0.4, -0.2) is 62.0 Å². The van der Waals surface area contributed by atoms with E-state index in [1.54, 1.807) is 11.8 Å². The van der Waals surface area contributed by atoms with E-state index in [1.807, 2.05) is 0 Å². The van der Waals surface area contributed by atoms with Gasteiger partial charge in [0.25, 0.3) is 0 Å². The Balaban J connectivity index is 0.00000364. The van der Waals surface area contributed by atoms with Crippen molar-refractivity contribution < 1.29 is 4.74 Å². The van der Waals surface area contributed by atoms with E-state index < -0.39 is 0 Å². The van der Waals surface area contributed by atoms with Crippen molar-refractivity contribution in [3.63, 3.8) is 0 Å². The van der Waals surface area contributed by atoms with E-state index in [-0.39, 0.29) is 24.0 Å². The fourth-order valence-corrected chi connectivity index (χ4v) is 3.94. The number of rotatable bonds is 7. The molecule has 1 heterocycles. The Hall–Kier alpha value is -0.510. The van der Waals surface area contributed by atoms with E-state index in [2.05, 4.69) is 67.7 Å². The van der Waals surface area contributed by atoms with Crippen LogP contribution in [0.15, 0.2) is 28.1 Å². The van der Waals surface area contributed by atoms with E-state index in [0.717, 1.165) is 38.8 Å². The first-order chi connectivity index (χ1) is 12.5. The van der Waals surface area contributed by atoms with E-state index in [4.69, 9.17) is 9.73 Å². The third kappa shape index (κ3) is 7.79. The van der Waals surface area contributed by atoms with Gasteiger partial charge in [-0.1, -0.05) is 12.1 Å². The van der Waals surface area contributed by atoms with Gasteiger partial charge >= 0.3 is 0 Å². The molecule has 0 saturated carbocycles. The molecule has 1 aromatic rings. The molecule has 0 aromatic heterocycles. The first kappa shape index (κ1) is 24.5. The maximum absolute atomic E-state index is 5.54. The lowest BCUT2D eigenvalue weighted by atomic mass is 10.1. The molecule has 2 N–H and O–H groups in total. The predicted molar refractivity (Wildman–Crippen MR) is 128 cm³/mol. The minimum atomic E-state index is 0. The van der Waals surface area contributed by atoms with Crippen molar-refractivity contribution in [1.29, 1.82) is 0 Å². The molecule has 0 spiro atoms. The maximum Gasteiger partial charge on any atom is 0.191 e. The van der Waals surface area contributed by atoms with Gasteiger partial charge in [-0.2, -0.15) is 0 Å². The quantitative estimate of drug-likeness (QED) is 0.257. The zero-order valence-electron chi connectivity index (χ0n) is 17.2. The predicted octanol–water partition coefficient (Wildman–Crippen LogP) is 3.50. The number of nitrogens with zero attached hydrogens (tertiary/aromatic N) is 2. The molecule has 0 radical (unpaired) electrons. The number of halogens is 1. The van der Waals surface area contributed by atoms with Crippen LogP contribution in [0.2, 0.25) is 0 Å². The highest BCUT2D eigenvalue weighted by atomic mass is 127. The van der Waals surface area contributed by atoms with E-state index in [1.165, 1.54) is 16.0 Å². The molecule has 0 aliphatic carbocycles. The molecule has 7 heteroatoms. The summed E-state index contributed by atoms with van der Waals surface area (Å²) in [6, 6.07) is 7.49. The lowest BCUT2D eigenvalue weighted by Gasteiger charge is -2.38. The van der Waals surface area contributed by atoms with Crippen LogP contribution in [0.25, 0.3) is 0 Å². The second kappa shape index (κ2) is 12.9. The van der Waals surface area contributed by atoms with Crippen molar-refractivity contribution >= 4 is 41.7 Å². The number of hydrogen-bond acceptors (Lipinski definition) is 4. The van der Waals surface area contributed by atoms with Crippen LogP contribution in [-0.2, 0) is 11.3 Å². The molecular weight excluding hydrogens is 471 g/mol. The fourth-order valence-electron chi connectivity index (χ4n) is 3.24. The van der Waals surface area contributed by atoms with Crippen LogP contribution in [0, 0.1) is 6.92 Å². The molecule has 27 heavy (non-hydrogen) atoms. The number of aryl methyl sites for hydroxylation is 1. The van der Waals surface area contributed by atoms with E-state index >= 15 is 0 Å². The second-order valence-electron chi connectivity index (χ2n) is 6.90. The van der Waals surface area contributed by atoms with Gasteiger partial charge < -0.3 is 15.4 Å². The average molecular weight is 506 g/mol. The molecule has 1 saturated heterocycles. The third-order valence-electron chi connectivity index (χ3n) is 4.74. The topological polar surface area (TPSA) is 48.9 Å². The van der Waals surface area contributed by atoms with Crippen LogP contribution >= 0.6 is 35.7 Å². The molecular formula is C20H35IN4OS. The Morgan fingerprint density at radius 1 is 1.41 bits per heavy atom. The molecule has 1 aliphatic heterocycles. The molecule has 0 amide bonds.